The van der Waals surface area contributed by atoms with E-state index < -0.39 is 0 Å². The Hall–Kier alpha value is -2.71. The molecule has 0 fully saturated rings. The second-order valence-electron chi connectivity index (χ2n) is 6.22. The van der Waals surface area contributed by atoms with Gasteiger partial charge in [-0.25, -0.2) is 4.98 Å². The first-order valence-corrected chi connectivity index (χ1v) is 10.4. The van der Waals surface area contributed by atoms with E-state index in [1.165, 1.54) is 16.7 Å². The number of H-pyrrole nitrogens is 1. The molecular formula is C20H21ClN4O3S. The Balaban J connectivity index is 1.52. The number of aromatic nitrogens is 2. The van der Waals surface area contributed by atoms with Crippen molar-refractivity contribution in [3.8, 4) is 5.75 Å². The minimum absolute atomic E-state index is 0.0670. The van der Waals surface area contributed by atoms with Crippen molar-refractivity contribution in [2.45, 2.75) is 12.1 Å². The number of anilines is 1. The molecule has 0 spiro atoms. The van der Waals surface area contributed by atoms with Crippen LogP contribution < -0.4 is 10.1 Å². The Bertz CT molecular complexity index is 1020. The molecule has 9 heteroatoms. The van der Waals surface area contributed by atoms with E-state index in [-0.39, 0.29) is 24.1 Å². The van der Waals surface area contributed by atoms with Crippen LogP contribution in [-0.2, 0) is 9.59 Å². The number of para-hydroxylation sites is 1. The van der Waals surface area contributed by atoms with Crippen LogP contribution >= 0.6 is 23.4 Å². The van der Waals surface area contributed by atoms with Crippen molar-refractivity contribution in [2.75, 3.05) is 31.3 Å². The zero-order valence-corrected chi connectivity index (χ0v) is 17.6. The van der Waals surface area contributed by atoms with Crippen molar-refractivity contribution in [3.05, 3.63) is 47.5 Å². The minimum Gasteiger partial charge on any atom is -0.494 e. The maximum absolute atomic E-state index is 12.4. The van der Waals surface area contributed by atoms with Crippen molar-refractivity contribution >= 4 is 51.9 Å². The number of aromatic amines is 1. The van der Waals surface area contributed by atoms with Crippen molar-refractivity contribution in [1.29, 1.82) is 0 Å². The van der Waals surface area contributed by atoms with Gasteiger partial charge in [0.1, 0.15) is 5.75 Å². The van der Waals surface area contributed by atoms with E-state index in [0.717, 1.165) is 16.8 Å². The van der Waals surface area contributed by atoms with E-state index in [1.54, 1.807) is 31.3 Å². The molecule has 1 heterocycles. The lowest BCUT2D eigenvalue weighted by atomic mass is 10.3. The average Bonchev–Trinajstić information content (AvgIpc) is 3.10. The van der Waals surface area contributed by atoms with Gasteiger partial charge in [0.15, 0.2) is 5.16 Å². The van der Waals surface area contributed by atoms with Crippen molar-refractivity contribution in [1.82, 2.24) is 14.9 Å². The third-order valence-corrected chi connectivity index (χ3v) is 5.22. The molecule has 0 bridgehead atoms. The normalized spacial score (nSPS) is 10.7. The second-order valence-corrected chi connectivity index (χ2v) is 7.59. The summed E-state index contributed by atoms with van der Waals surface area (Å²) in [6, 6.07) is 12.6. The summed E-state index contributed by atoms with van der Waals surface area (Å²) in [7, 11) is 1.59. The highest BCUT2D eigenvalue weighted by Gasteiger charge is 2.15. The zero-order chi connectivity index (χ0) is 20.8. The SMILES string of the molecule is CCOc1ccc2nc(SCC(=O)N(C)CC(=O)Nc3ccccc3Cl)[nH]c2c1. The molecule has 0 aliphatic rings. The fraction of sp³-hybridized carbons (Fsp3) is 0.250. The third kappa shape index (κ3) is 5.65. The van der Waals surface area contributed by atoms with Crippen LogP contribution in [0.1, 0.15) is 6.92 Å². The Kier molecular flexibility index (Phi) is 7.00. The molecule has 3 aromatic rings. The maximum Gasteiger partial charge on any atom is 0.244 e. The number of hydrogen-bond donors (Lipinski definition) is 2. The number of nitrogens with zero attached hydrogens (tertiary/aromatic N) is 2. The highest BCUT2D eigenvalue weighted by molar-refractivity contribution is 7.99. The van der Waals surface area contributed by atoms with Crippen LogP contribution in [0.4, 0.5) is 5.69 Å². The highest BCUT2D eigenvalue weighted by Crippen LogP contribution is 2.24. The molecular weight excluding hydrogens is 412 g/mol. The number of rotatable bonds is 8. The van der Waals surface area contributed by atoms with Crippen LogP contribution in [0.2, 0.25) is 5.02 Å². The number of thioether (sulfide) groups is 1. The molecule has 0 unspecified atom stereocenters. The standard InChI is InChI=1S/C20H21ClN4O3S/c1-3-28-13-8-9-16-17(10-13)24-20(23-16)29-12-19(27)25(2)11-18(26)22-15-7-5-4-6-14(15)21/h4-10H,3,11-12H2,1-2H3,(H,22,26)(H,23,24). The number of ether oxygens (including phenoxy) is 1. The number of nitrogens with one attached hydrogen (secondary N) is 2. The molecule has 0 atom stereocenters. The molecule has 2 N–H and O–H groups in total. The van der Waals surface area contributed by atoms with Gasteiger partial charge in [-0.3, -0.25) is 9.59 Å². The first-order chi connectivity index (χ1) is 14.0. The summed E-state index contributed by atoms with van der Waals surface area (Å²) >= 11 is 7.31. The molecule has 2 aromatic carbocycles. The summed E-state index contributed by atoms with van der Waals surface area (Å²) in [5.74, 6) is 0.431. The third-order valence-electron chi connectivity index (χ3n) is 4.03. The molecule has 0 aliphatic carbocycles. The molecule has 3 rings (SSSR count). The van der Waals surface area contributed by atoms with Gasteiger partial charge >= 0.3 is 0 Å². The van der Waals surface area contributed by atoms with Gasteiger partial charge in [-0.2, -0.15) is 0 Å². The van der Waals surface area contributed by atoms with Gasteiger partial charge in [0.05, 0.1) is 40.6 Å². The smallest absolute Gasteiger partial charge is 0.244 e. The topological polar surface area (TPSA) is 87.3 Å². The number of halogens is 1. The minimum atomic E-state index is -0.314. The fourth-order valence-corrected chi connectivity index (χ4v) is 3.59. The number of fused-ring (bicyclic) bond motifs is 1. The van der Waals surface area contributed by atoms with Gasteiger partial charge in [-0.1, -0.05) is 35.5 Å². The molecule has 1 aromatic heterocycles. The molecule has 0 saturated heterocycles. The highest BCUT2D eigenvalue weighted by atomic mass is 35.5. The number of likely N-dealkylation sites (N-methyl/N-ethyl adjacent to an activating group) is 1. The van der Waals surface area contributed by atoms with Gasteiger partial charge in [-0.05, 0) is 31.2 Å². The zero-order valence-electron chi connectivity index (χ0n) is 16.1. The van der Waals surface area contributed by atoms with Crippen molar-refractivity contribution in [3.63, 3.8) is 0 Å². The number of benzene rings is 2. The van der Waals surface area contributed by atoms with Crippen LogP contribution in [0.5, 0.6) is 5.75 Å². The molecule has 0 radical (unpaired) electrons. The molecule has 29 heavy (non-hydrogen) atoms. The largest absolute Gasteiger partial charge is 0.494 e. The van der Waals surface area contributed by atoms with Crippen LogP contribution in [-0.4, -0.2) is 52.6 Å². The molecule has 2 amide bonds. The first-order valence-electron chi connectivity index (χ1n) is 9.00. The van der Waals surface area contributed by atoms with Crippen LogP contribution in [0.15, 0.2) is 47.6 Å². The predicted octanol–water partition coefficient (Wildman–Crippen LogP) is 3.80. The number of carbonyl (C=O) groups excluding carboxylic acids is 2. The van der Waals surface area contributed by atoms with E-state index in [4.69, 9.17) is 16.3 Å². The van der Waals surface area contributed by atoms with E-state index in [2.05, 4.69) is 15.3 Å². The van der Waals surface area contributed by atoms with E-state index in [9.17, 15) is 9.59 Å². The summed E-state index contributed by atoms with van der Waals surface area (Å²) in [4.78, 5) is 33.5. The van der Waals surface area contributed by atoms with Crippen LogP contribution in [0.3, 0.4) is 0 Å². The summed E-state index contributed by atoms with van der Waals surface area (Å²) in [6.45, 7) is 2.45. The summed E-state index contributed by atoms with van der Waals surface area (Å²) in [6.07, 6.45) is 0. The predicted molar refractivity (Wildman–Crippen MR) is 116 cm³/mol. The van der Waals surface area contributed by atoms with E-state index in [0.29, 0.717) is 22.5 Å². The van der Waals surface area contributed by atoms with Gasteiger partial charge in [-0.15, -0.1) is 0 Å². The first kappa shape index (κ1) is 21.0. The summed E-state index contributed by atoms with van der Waals surface area (Å²) in [5, 5.41) is 3.78. The lowest BCUT2D eigenvalue weighted by Gasteiger charge is -2.16. The lowest BCUT2D eigenvalue weighted by Crippen LogP contribution is -2.36. The summed E-state index contributed by atoms with van der Waals surface area (Å²) in [5.41, 5.74) is 2.16. The van der Waals surface area contributed by atoms with Crippen molar-refractivity contribution in [2.24, 2.45) is 0 Å². The summed E-state index contributed by atoms with van der Waals surface area (Å²) < 4.78 is 5.48. The number of imidazole rings is 1. The van der Waals surface area contributed by atoms with Gasteiger partial charge in [0, 0.05) is 13.1 Å². The van der Waals surface area contributed by atoms with E-state index >= 15 is 0 Å². The quantitative estimate of drug-likeness (QED) is 0.528. The van der Waals surface area contributed by atoms with E-state index in [1.807, 2.05) is 25.1 Å². The van der Waals surface area contributed by atoms with Gasteiger partial charge in [0.25, 0.3) is 0 Å². The number of hydrogen-bond acceptors (Lipinski definition) is 5. The van der Waals surface area contributed by atoms with Crippen LogP contribution in [0, 0.1) is 0 Å². The number of amides is 2. The molecule has 152 valence electrons. The van der Waals surface area contributed by atoms with Crippen molar-refractivity contribution < 1.29 is 14.3 Å². The Morgan fingerprint density at radius 2 is 2.07 bits per heavy atom. The van der Waals surface area contributed by atoms with Crippen LogP contribution in [0.25, 0.3) is 11.0 Å². The van der Waals surface area contributed by atoms with Gasteiger partial charge in [0.2, 0.25) is 11.8 Å². The monoisotopic (exact) mass is 432 g/mol. The number of carbonyl (C=O) groups is 2. The molecule has 7 nitrogen and oxygen atoms in total. The lowest BCUT2D eigenvalue weighted by molar-refractivity contribution is -0.131. The fourth-order valence-electron chi connectivity index (χ4n) is 2.59. The Morgan fingerprint density at radius 3 is 2.83 bits per heavy atom. The average molecular weight is 433 g/mol. The molecule has 0 aliphatic heterocycles. The molecule has 0 saturated carbocycles. The Labute approximate surface area is 177 Å². The Morgan fingerprint density at radius 1 is 1.28 bits per heavy atom. The second kappa shape index (κ2) is 9.67. The maximum atomic E-state index is 12.4. The van der Waals surface area contributed by atoms with Gasteiger partial charge < -0.3 is 19.9 Å².